The number of fused-ring (bicyclic) bond motifs is 1. The Bertz CT molecular complexity index is 534. The molecule has 1 amide bonds. The van der Waals surface area contributed by atoms with Gasteiger partial charge in [-0.3, -0.25) is 9.78 Å². The van der Waals surface area contributed by atoms with Crippen LogP contribution < -0.4 is 11.1 Å². The molecule has 0 spiro atoms. The van der Waals surface area contributed by atoms with Crippen molar-refractivity contribution in [3.05, 3.63) is 42.1 Å². The van der Waals surface area contributed by atoms with Crippen LogP contribution in [0, 0.1) is 0 Å². The van der Waals surface area contributed by atoms with E-state index in [9.17, 15) is 4.79 Å². The average Bonchev–Trinajstić information content (AvgIpc) is 2.35. The fourth-order valence-corrected chi connectivity index (χ4v) is 1.67. The van der Waals surface area contributed by atoms with E-state index in [-0.39, 0.29) is 11.9 Å². The van der Waals surface area contributed by atoms with Crippen molar-refractivity contribution >= 4 is 16.8 Å². The zero-order valence-corrected chi connectivity index (χ0v) is 9.68. The summed E-state index contributed by atoms with van der Waals surface area (Å²) >= 11 is 0. The molecule has 1 unspecified atom stereocenters. The Labute approximate surface area is 99.8 Å². The summed E-state index contributed by atoms with van der Waals surface area (Å²) in [7, 11) is 0. The zero-order chi connectivity index (χ0) is 12.3. The van der Waals surface area contributed by atoms with Crippen LogP contribution in [0.3, 0.4) is 0 Å². The minimum atomic E-state index is -0.349. The number of nitrogens with zero attached hydrogens (tertiary/aromatic N) is 1. The first kappa shape index (κ1) is 11.5. The van der Waals surface area contributed by atoms with Crippen LogP contribution in [-0.2, 0) is 11.3 Å². The first-order valence-electron chi connectivity index (χ1n) is 5.54. The smallest absolute Gasteiger partial charge is 0.234 e. The number of aromatic nitrogens is 1. The Morgan fingerprint density at radius 2 is 2.18 bits per heavy atom. The van der Waals surface area contributed by atoms with Crippen molar-refractivity contribution in [3.63, 3.8) is 0 Å². The molecule has 1 heterocycles. The van der Waals surface area contributed by atoms with Crippen LogP contribution in [-0.4, -0.2) is 16.9 Å². The van der Waals surface area contributed by atoms with Crippen molar-refractivity contribution in [2.75, 3.05) is 0 Å². The third kappa shape index (κ3) is 2.60. The van der Waals surface area contributed by atoms with Crippen LogP contribution in [0.4, 0.5) is 0 Å². The minimum absolute atomic E-state index is 0.339. The summed E-state index contributed by atoms with van der Waals surface area (Å²) in [5.41, 5.74) is 7.22. The van der Waals surface area contributed by atoms with Crippen LogP contribution in [0.5, 0.6) is 0 Å². The van der Waals surface area contributed by atoms with E-state index in [0.717, 1.165) is 16.5 Å². The topological polar surface area (TPSA) is 68.0 Å². The highest BCUT2D eigenvalue weighted by Gasteiger charge is 2.08. The summed E-state index contributed by atoms with van der Waals surface area (Å²) in [4.78, 5) is 15.3. The molecule has 0 fully saturated rings. The monoisotopic (exact) mass is 229 g/mol. The van der Waals surface area contributed by atoms with E-state index in [0.29, 0.717) is 6.54 Å². The molecule has 0 aliphatic carbocycles. The second-order valence-corrected chi connectivity index (χ2v) is 4.00. The van der Waals surface area contributed by atoms with E-state index < -0.39 is 0 Å². The first-order valence-corrected chi connectivity index (χ1v) is 5.54. The second-order valence-electron chi connectivity index (χ2n) is 4.00. The molecule has 3 N–H and O–H groups in total. The van der Waals surface area contributed by atoms with E-state index in [2.05, 4.69) is 10.3 Å². The lowest BCUT2D eigenvalue weighted by Gasteiger charge is -2.11. The Kier molecular flexibility index (Phi) is 3.35. The molecule has 0 aliphatic heterocycles. The normalized spacial score (nSPS) is 12.5. The molecule has 2 aromatic rings. The number of nitrogens with two attached hydrogens (primary N) is 1. The van der Waals surface area contributed by atoms with Gasteiger partial charge in [0, 0.05) is 18.1 Å². The second kappa shape index (κ2) is 4.93. The maximum atomic E-state index is 10.9. The predicted molar refractivity (Wildman–Crippen MR) is 67.2 cm³/mol. The van der Waals surface area contributed by atoms with Gasteiger partial charge in [-0.2, -0.15) is 0 Å². The van der Waals surface area contributed by atoms with Gasteiger partial charge in [-0.15, -0.1) is 0 Å². The number of rotatable bonds is 4. The van der Waals surface area contributed by atoms with Crippen molar-refractivity contribution in [2.24, 2.45) is 5.73 Å². The lowest BCUT2D eigenvalue weighted by Crippen LogP contribution is -2.38. The predicted octanol–water partition coefficient (Wildman–Crippen LogP) is 1.20. The number of nitrogens with one attached hydrogen (secondary N) is 1. The largest absolute Gasteiger partial charge is 0.368 e. The molecule has 2 rings (SSSR count). The summed E-state index contributed by atoms with van der Waals surface area (Å²) in [6.45, 7) is 2.33. The Morgan fingerprint density at radius 1 is 1.41 bits per heavy atom. The SMILES string of the molecule is CC(NCc1cccc2cccnc12)C(N)=O. The lowest BCUT2D eigenvalue weighted by molar-refractivity contribution is -0.119. The molecule has 17 heavy (non-hydrogen) atoms. The molecule has 0 aliphatic rings. The fourth-order valence-electron chi connectivity index (χ4n) is 1.67. The first-order chi connectivity index (χ1) is 8.18. The number of amides is 1. The molecule has 1 aromatic heterocycles. The average molecular weight is 229 g/mol. The number of primary amides is 1. The number of benzene rings is 1. The zero-order valence-electron chi connectivity index (χ0n) is 9.68. The number of pyridine rings is 1. The molecule has 4 nitrogen and oxygen atoms in total. The molecule has 0 saturated heterocycles. The standard InChI is InChI=1S/C13H15N3O/c1-9(13(14)17)16-8-11-5-2-4-10-6-3-7-15-12(10)11/h2-7,9,16H,8H2,1H3,(H2,14,17). The highest BCUT2D eigenvalue weighted by Crippen LogP contribution is 2.15. The van der Waals surface area contributed by atoms with Crippen molar-refractivity contribution in [3.8, 4) is 0 Å². The van der Waals surface area contributed by atoms with Crippen molar-refractivity contribution in [2.45, 2.75) is 19.5 Å². The highest BCUT2D eigenvalue weighted by molar-refractivity contribution is 5.82. The Hall–Kier alpha value is -1.94. The number of carbonyl (C=O) groups is 1. The van der Waals surface area contributed by atoms with Gasteiger partial charge >= 0.3 is 0 Å². The lowest BCUT2D eigenvalue weighted by atomic mass is 10.1. The van der Waals surface area contributed by atoms with Crippen LogP contribution in [0.2, 0.25) is 0 Å². The van der Waals surface area contributed by atoms with Crippen LogP contribution in [0.15, 0.2) is 36.5 Å². The van der Waals surface area contributed by atoms with Crippen LogP contribution in [0.25, 0.3) is 10.9 Å². The summed E-state index contributed by atoms with van der Waals surface area (Å²) in [5, 5.41) is 4.17. The quantitative estimate of drug-likeness (QED) is 0.827. The molecule has 1 atom stereocenters. The van der Waals surface area contributed by atoms with E-state index >= 15 is 0 Å². The van der Waals surface area contributed by atoms with Crippen molar-refractivity contribution in [1.82, 2.24) is 10.3 Å². The Balaban J connectivity index is 2.21. The fraction of sp³-hybridized carbons (Fsp3) is 0.231. The van der Waals surface area contributed by atoms with Gasteiger partial charge in [0.1, 0.15) is 0 Å². The molecular weight excluding hydrogens is 214 g/mol. The van der Waals surface area contributed by atoms with E-state index in [4.69, 9.17) is 5.73 Å². The van der Waals surface area contributed by atoms with Gasteiger partial charge in [-0.1, -0.05) is 24.3 Å². The third-order valence-electron chi connectivity index (χ3n) is 2.74. The van der Waals surface area contributed by atoms with Gasteiger partial charge in [-0.05, 0) is 18.6 Å². The van der Waals surface area contributed by atoms with Gasteiger partial charge in [0.05, 0.1) is 11.6 Å². The third-order valence-corrected chi connectivity index (χ3v) is 2.74. The number of carbonyl (C=O) groups excluding carboxylic acids is 1. The molecule has 0 saturated carbocycles. The van der Waals surface area contributed by atoms with E-state index in [1.165, 1.54) is 0 Å². The maximum Gasteiger partial charge on any atom is 0.234 e. The summed E-state index contributed by atoms with van der Waals surface area (Å²) < 4.78 is 0. The summed E-state index contributed by atoms with van der Waals surface area (Å²) in [6.07, 6.45) is 1.77. The van der Waals surface area contributed by atoms with E-state index in [1.54, 1.807) is 13.1 Å². The number of hydrogen-bond acceptors (Lipinski definition) is 3. The minimum Gasteiger partial charge on any atom is -0.368 e. The molecule has 0 bridgehead atoms. The van der Waals surface area contributed by atoms with Crippen LogP contribution >= 0.6 is 0 Å². The summed E-state index contributed by atoms with van der Waals surface area (Å²) in [6, 6.07) is 9.58. The summed E-state index contributed by atoms with van der Waals surface area (Å²) in [5.74, 6) is -0.349. The van der Waals surface area contributed by atoms with Gasteiger partial charge in [0.15, 0.2) is 0 Å². The number of para-hydroxylation sites is 1. The van der Waals surface area contributed by atoms with Crippen molar-refractivity contribution < 1.29 is 4.79 Å². The maximum absolute atomic E-state index is 10.9. The molecular formula is C13H15N3O. The van der Waals surface area contributed by atoms with Gasteiger partial charge in [-0.25, -0.2) is 0 Å². The molecule has 88 valence electrons. The van der Waals surface area contributed by atoms with E-state index in [1.807, 2.05) is 30.3 Å². The van der Waals surface area contributed by atoms with Gasteiger partial charge < -0.3 is 11.1 Å². The molecule has 1 aromatic carbocycles. The van der Waals surface area contributed by atoms with Gasteiger partial charge in [0.2, 0.25) is 5.91 Å². The highest BCUT2D eigenvalue weighted by atomic mass is 16.1. The number of hydrogen-bond donors (Lipinski definition) is 2. The van der Waals surface area contributed by atoms with Crippen molar-refractivity contribution in [1.29, 1.82) is 0 Å². The molecule has 4 heteroatoms. The Morgan fingerprint density at radius 3 is 2.94 bits per heavy atom. The van der Waals surface area contributed by atoms with Gasteiger partial charge in [0.25, 0.3) is 0 Å². The van der Waals surface area contributed by atoms with Crippen LogP contribution in [0.1, 0.15) is 12.5 Å². The molecule has 0 radical (unpaired) electrons.